The van der Waals surface area contributed by atoms with Crippen molar-refractivity contribution in [2.75, 3.05) is 13.1 Å². The highest BCUT2D eigenvalue weighted by Gasteiger charge is 2.19. The number of fused-ring (bicyclic) bond motifs is 1. The molecule has 0 saturated heterocycles. The predicted octanol–water partition coefficient (Wildman–Crippen LogP) is 4.09. The van der Waals surface area contributed by atoms with Crippen LogP contribution in [0.5, 0.6) is 0 Å². The molecule has 0 spiro atoms. The van der Waals surface area contributed by atoms with Gasteiger partial charge >= 0.3 is 0 Å². The second-order valence-corrected chi connectivity index (χ2v) is 8.27. The molecule has 0 unspecified atom stereocenters. The Bertz CT molecular complexity index is 1070. The van der Waals surface area contributed by atoms with Gasteiger partial charge in [-0.15, -0.1) is 0 Å². The van der Waals surface area contributed by atoms with Crippen LogP contribution in [0.2, 0.25) is 0 Å². The zero-order valence-electron chi connectivity index (χ0n) is 17.9. The van der Waals surface area contributed by atoms with Crippen molar-refractivity contribution in [2.24, 2.45) is 0 Å². The molecule has 0 fully saturated rings. The Morgan fingerprint density at radius 3 is 2.42 bits per heavy atom. The van der Waals surface area contributed by atoms with E-state index >= 15 is 0 Å². The maximum atomic E-state index is 12.8. The summed E-state index contributed by atoms with van der Waals surface area (Å²) < 4.78 is 0. The van der Waals surface area contributed by atoms with E-state index in [1.807, 2.05) is 49.4 Å². The number of carbonyl (C=O) groups is 2. The first-order chi connectivity index (χ1) is 15.1. The molecule has 4 heteroatoms. The molecule has 0 radical (unpaired) electrons. The lowest BCUT2D eigenvalue weighted by molar-refractivity contribution is -0.119. The van der Waals surface area contributed by atoms with Crippen molar-refractivity contribution in [3.05, 3.63) is 106 Å². The van der Waals surface area contributed by atoms with Crippen LogP contribution in [0.4, 0.5) is 0 Å². The van der Waals surface area contributed by atoms with Gasteiger partial charge in [0.2, 0.25) is 0 Å². The van der Waals surface area contributed by atoms with E-state index in [2.05, 4.69) is 34.5 Å². The van der Waals surface area contributed by atoms with E-state index in [0.717, 1.165) is 30.6 Å². The Balaban J connectivity index is 1.36. The molecule has 0 aromatic heterocycles. The molecule has 0 bridgehead atoms. The van der Waals surface area contributed by atoms with Crippen molar-refractivity contribution in [1.82, 2.24) is 10.2 Å². The molecule has 1 amide bonds. The monoisotopic (exact) mass is 412 g/mol. The molecule has 3 aromatic rings. The van der Waals surface area contributed by atoms with Gasteiger partial charge in [-0.2, -0.15) is 0 Å². The number of carbonyl (C=O) groups excluding carboxylic acids is 2. The molecule has 3 aromatic carbocycles. The number of Topliss-reactive ketones (excluding diaryl/α,β-unsaturated/α-hetero) is 1. The average Bonchev–Trinajstić information content (AvgIpc) is 2.79. The molecule has 1 aliphatic heterocycles. The summed E-state index contributed by atoms with van der Waals surface area (Å²) in [7, 11) is 0. The molecule has 1 heterocycles. The third-order valence-corrected chi connectivity index (χ3v) is 5.83. The first-order valence-electron chi connectivity index (χ1n) is 10.8. The summed E-state index contributed by atoms with van der Waals surface area (Å²) in [5.41, 5.74) is 6.28. The van der Waals surface area contributed by atoms with Crippen molar-refractivity contribution < 1.29 is 9.59 Å². The third-order valence-electron chi connectivity index (χ3n) is 5.83. The van der Waals surface area contributed by atoms with Gasteiger partial charge in [0.15, 0.2) is 5.78 Å². The van der Waals surface area contributed by atoms with Crippen molar-refractivity contribution in [1.29, 1.82) is 0 Å². The Morgan fingerprint density at radius 2 is 1.61 bits per heavy atom. The van der Waals surface area contributed by atoms with Gasteiger partial charge in [0, 0.05) is 31.6 Å². The van der Waals surface area contributed by atoms with Gasteiger partial charge in [0.25, 0.3) is 5.91 Å². The first kappa shape index (κ1) is 21.0. The molecule has 0 atom stereocenters. The van der Waals surface area contributed by atoms with E-state index in [1.165, 1.54) is 16.7 Å². The fourth-order valence-corrected chi connectivity index (χ4v) is 4.09. The van der Waals surface area contributed by atoms with Crippen LogP contribution < -0.4 is 5.32 Å². The second-order valence-electron chi connectivity index (χ2n) is 8.27. The van der Waals surface area contributed by atoms with Gasteiger partial charge in [-0.3, -0.25) is 14.5 Å². The fraction of sp³-hybridized carbons (Fsp3) is 0.259. The highest BCUT2D eigenvalue weighted by Crippen LogP contribution is 2.19. The number of aryl methyl sites for hydroxylation is 1. The number of nitrogens with zero attached hydrogens (tertiary/aromatic N) is 1. The molecule has 4 nitrogen and oxygen atoms in total. The zero-order chi connectivity index (χ0) is 21.6. The van der Waals surface area contributed by atoms with Gasteiger partial charge in [-0.05, 0) is 41.7 Å². The summed E-state index contributed by atoms with van der Waals surface area (Å²) in [6.07, 6.45) is 1.24. The summed E-state index contributed by atoms with van der Waals surface area (Å²) in [4.78, 5) is 27.8. The van der Waals surface area contributed by atoms with Gasteiger partial charge in [-0.25, -0.2) is 0 Å². The molecular weight excluding hydrogens is 384 g/mol. The van der Waals surface area contributed by atoms with Crippen molar-refractivity contribution >= 4 is 11.7 Å². The van der Waals surface area contributed by atoms with E-state index in [4.69, 9.17) is 0 Å². The number of hydrogen-bond acceptors (Lipinski definition) is 3. The van der Waals surface area contributed by atoms with E-state index < -0.39 is 0 Å². The Labute approximate surface area is 183 Å². The van der Waals surface area contributed by atoms with Crippen molar-refractivity contribution in [3.63, 3.8) is 0 Å². The summed E-state index contributed by atoms with van der Waals surface area (Å²) >= 11 is 0. The number of hydrogen-bond donors (Lipinski definition) is 1. The van der Waals surface area contributed by atoms with Gasteiger partial charge < -0.3 is 5.32 Å². The standard InChI is InChI=1S/C27H28N2O2/c1-20-10-12-21(13-11-20)17-28-27(31)26-9-5-4-7-23(26)16-25(30)19-29-15-14-22-6-2-3-8-24(22)18-29/h2-13H,14-19H2,1H3,(H,28,31). The van der Waals surface area contributed by atoms with Crippen LogP contribution >= 0.6 is 0 Å². The lowest BCUT2D eigenvalue weighted by Crippen LogP contribution is -2.35. The largest absolute Gasteiger partial charge is 0.348 e. The van der Waals surface area contributed by atoms with Crippen molar-refractivity contribution in [3.8, 4) is 0 Å². The predicted molar refractivity (Wildman–Crippen MR) is 123 cm³/mol. The van der Waals surface area contributed by atoms with E-state index in [0.29, 0.717) is 18.7 Å². The molecule has 4 rings (SSSR count). The van der Waals surface area contributed by atoms with Gasteiger partial charge in [0.05, 0.1) is 6.54 Å². The minimum atomic E-state index is -0.143. The van der Waals surface area contributed by atoms with Crippen LogP contribution in [0.3, 0.4) is 0 Å². The topological polar surface area (TPSA) is 49.4 Å². The smallest absolute Gasteiger partial charge is 0.251 e. The summed E-state index contributed by atoms with van der Waals surface area (Å²) in [5, 5.41) is 2.98. The molecule has 31 heavy (non-hydrogen) atoms. The minimum Gasteiger partial charge on any atom is -0.348 e. The summed E-state index contributed by atoms with van der Waals surface area (Å²) in [5.74, 6) is -0.00552. The van der Waals surface area contributed by atoms with Crippen molar-refractivity contribution in [2.45, 2.75) is 32.9 Å². The fourth-order valence-electron chi connectivity index (χ4n) is 4.09. The number of rotatable bonds is 7. The number of benzene rings is 3. The average molecular weight is 413 g/mol. The van der Waals surface area contributed by atoms with Gasteiger partial charge in [-0.1, -0.05) is 72.3 Å². The number of nitrogens with one attached hydrogen (secondary N) is 1. The maximum Gasteiger partial charge on any atom is 0.251 e. The summed E-state index contributed by atoms with van der Waals surface area (Å²) in [6.45, 7) is 4.61. The lowest BCUT2D eigenvalue weighted by atomic mass is 9.98. The highest BCUT2D eigenvalue weighted by molar-refractivity contribution is 5.97. The van der Waals surface area contributed by atoms with Crippen LogP contribution in [0.15, 0.2) is 72.8 Å². The number of amides is 1. The van der Waals surface area contributed by atoms with Crippen LogP contribution in [-0.2, 0) is 30.7 Å². The first-order valence-corrected chi connectivity index (χ1v) is 10.8. The van der Waals surface area contributed by atoms with Crippen LogP contribution in [0.1, 0.15) is 38.2 Å². The van der Waals surface area contributed by atoms with Crippen LogP contribution in [0.25, 0.3) is 0 Å². The number of ketones is 1. The molecule has 158 valence electrons. The molecule has 1 aliphatic rings. The Kier molecular flexibility index (Phi) is 6.58. The Morgan fingerprint density at radius 1 is 0.903 bits per heavy atom. The van der Waals surface area contributed by atoms with Crippen LogP contribution in [0, 0.1) is 6.92 Å². The maximum absolute atomic E-state index is 12.8. The van der Waals surface area contributed by atoms with Crippen LogP contribution in [-0.4, -0.2) is 29.7 Å². The zero-order valence-corrected chi connectivity index (χ0v) is 17.9. The third kappa shape index (κ3) is 5.47. The molecular formula is C27H28N2O2. The van der Waals surface area contributed by atoms with E-state index in [1.54, 1.807) is 6.07 Å². The second kappa shape index (κ2) is 9.71. The molecule has 0 aliphatic carbocycles. The normalized spacial score (nSPS) is 13.5. The van der Waals surface area contributed by atoms with E-state index in [9.17, 15) is 9.59 Å². The SMILES string of the molecule is Cc1ccc(CNC(=O)c2ccccc2CC(=O)CN2CCc3ccccc3C2)cc1. The molecule has 1 N–H and O–H groups in total. The summed E-state index contributed by atoms with van der Waals surface area (Å²) in [6, 6.07) is 23.9. The highest BCUT2D eigenvalue weighted by atomic mass is 16.1. The lowest BCUT2D eigenvalue weighted by Gasteiger charge is -2.28. The Hall–Kier alpha value is -3.24. The minimum absolute atomic E-state index is 0.137. The molecule has 0 saturated carbocycles. The van der Waals surface area contributed by atoms with E-state index in [-0.39, 0.29) is 18.1 Å². The quantitative estimate of drug-likeness (QED) is 0.636. The van der Waals surface area contributed by atoms with Gasteiger partial charge in [0.1, 0.15) is 0 Å².